The largest absolute Gasteiger partial charge is 0.360 e. The zero-order valence-corrected chi connectivity index (χ0v) is 13.7. The van der Waals surface area contributed by atoms with Crippen LogP contribution in [0.5, 0.6) is 0 Å². The van der Waals surface area contributed by atoms with E-state index in [4.69, 9.17) is 27.7 Å². The van der Waals surface area contributed by atoms with E-state index in [9.17, 15) is 9.59 Å². The van der Waals surface area contributed by atoms with Crippen molar-refractivity contribution in [1.29, 1.82) is 0 Å². The van der Waals surface area contributed by atoms with Crippen molar-refractivity contribution in [3.8, 4) is 0 Å². The Morgan fingerprint density at radius 3 is 2.87 bits per heavy atom. The molecule has 3 rings (SSSR count). The van der Waals surface area contributed by atoms with E-state index in [2.05, 4.69) is 10.5 Å². The Balaban J connectivity index is 1.74. The quantitative estimate of drug-likeness (QED) is 0.918. The average molecular weight is 354 g/mol. The number of benzene rings is 1. The lowest BCUT2D eigenvalue weighted by molar-refractivity contribution is -0.122. The summed E-state index contributed by atoms with van der Waals surface area (Å²) in [6.07, 6.45) is 0.103. The number of anilines is 2. The summed E-state index contributed by atoms with van der Waals surface area (Å²) in [7, 11) is 0. The van der Waals surface area contributed by atoms with Gasteiger partial charge in [-0.1, -0.05) is 28.4 Å². The Morgan fingerprint density at radius 1 is 1.39 bits per heavy atom. The van der Waals surface area contributed by atoms with Crippen molar-refractivity contribution in [3.05, 3.63) is 40.1 Å². The first-order valence-electron chi connectivity index (χ1n) is 6.93. The highest BCUT2D eigenvalue weighted by molar-refractivity contribution is 6.36. The van der Waals surface area contributed by atoms with E-state index >= 15 is 0 Å². The fourth-order valence-electron chi connectivity index (χ4n) is 2.46. The molecule has 0 bridgehead atoms. The molecule has 1 fully saturated rings. The Hall–Kier alpha value is -2.05. The maximum Gasteiger partial charge on any atom is 0.231 e. The van der Waals surface area contributed by atoms with Gasteiger partial charge in [0.05, 0.1) is 16.6 Å². The second-order valence-corrected chi connectivity index (χ2v) is 6.16. The van der Waals surface area contributed by atoms with Gasteiger partial charge < -0.3 is 14.7 Å². The molecular weight excluding hydrogens is 341 g/mol. The van der Waals surface area contributed by atoms with Crippen LogP contribution >= 0.6 is 23.2 Å². The van der Waals surface area contributed by atoms with Gasteiger partial charge in [0.15, 0.2) is 5.82 Å². The lowest BCUT2D eigenvalue weighted by atomic mass is 10.1. The van der Waals surface area contributed by atoms with Crippen molar-refractivity contribution in [2.75, 3.05) is 16.8 Å². The zero-order chi connectivity index (χ0) is 16.6. The van der Waals surface area contributed by atoms with Gasteiger partial charge in [0.1, 0.15) is 5.76 Å². The highest BCUT2D eigenvalue weighted by atomic mass is 35.5. The Kier molecular flexibility index (Phi) is 4.28. The van der Waals surface area contributed by atoms with Crippen LogP contribution in [-0.4, -0.2) is 23.5 Å². The van der Waals surface area contributed by atoms with E-state index in [1.165, 1.54) is 4.90 Å². The minimum Gasteiger partial charge on any atom is -0.360 e. The van der Waals surface area contributed by atoms with Gasteiger partial charge in [-0.05, 0) is 25.1 Å². The average Bonchev–Trinajstić information content (AvgIpc) is 3.08. The zero-order valence-electron chi connectivity index (χ0n) is 12.2. The third kappa shape index (κ3) is 3.33. The highest BCUT2D eigenvalue weighted by Crippen LogP contribution is 2.33. The summed E-state index contributed by atoms with van der Waals surface area (Å²) in [5.41, 5.74) is 0.511. The van der Waals surface area contributed by atoms with Crippen molar-refractivity contribution in [1.82, 2.24) is 5.16 Å². The van der Waals surface area contributed by atoms with Crippen molar-refractivity contribution in [2.24, 2.45) is 5.92 Å². The second kappa shape index (κ2) is 6.22. The van der Waals surface area contributed by atoms with Crippen LogP contribution in [0.15, 0.2) is 28.8 Å². The van der Waals surface area contributed by atoms with E-state index in [0.29, 0.717) is 27.3 Å². The molecule has 8 heteroatoms. The van der Waals surface area contributed by atoms with Crippen LogP contribution in [-0.2, 0) is 9.59 Å². The summed E-state index contributed by atoms with van der Waals surface area (Å²) in [5, 5.41) is 7.23. The number of aryl methyl sites for hydroxylation is 1. The van der Waals surface area contributed by atoms with E-state index < -0.39 is 5.92 Å². The molecule has 6 nitrogen and oxygen atoms in total. The van der Waals surface area contributed by atoms with Gasteiger partial charge in [-0.15, -0.1) is 0 Å². The molecule has 2 heterocycles. The molecule has 1 aliphatic rings. The molecule has 0 spiro atoms. The first kappa shape index (κ1) is 15.8. The molecule has 0 radical (unpaired) electrons. The molecule has 1 aliphatic heterocycles. The third-order valence-electron chi connectivity index (χ3n) is 3.57. The first-order chi connectivity index (χ1) is 10.9. The van der Waals surface area contributed by atoms with Crippen LogP contribution in [0.25, 0.3) is 0 Å². The summed E-state index contributed by atoms with van der Waals surface area (Å²) < 4.78 is 4.89. The van der Waals surface area contributed by atoms with Crippen LogP contribution in [0.4, 0.5) is 11.5 Å². The van der Waals surface area contributed by atoms with Gasteiger partial charge in [-0.2, -0.15) is 0 Å². The lowest BCUT2D eigenvalue weighted by Gasteiger charge is -2.18. The maximum absolute atomic E-state index is 12.3. The fraction of sp³-hybridized carbons (Fsp3) is 0.267. The number of nitrogens with zero attached hydrogens (tertiary/aromatic N) is 2. The highest BCUT2D eigenvalue weighted by Gasteiger charge is 2.36. The predicted molar refractivity (Wildman–Crippen MR) is 86.8 cm³/mol. The molecule has 1 aromatic carbocycles. The molecule has 2 amide bonds. The predicted octanol–water partition coefficient (Wildman–Crippen LogP) is 3.28. The Labute approximate surface area is 142 Å². The Morgan fingerprint density at radius 2 is 2.17 bits per heavy atom. The summed E-state index contributed by atoms with van der Waals surface area (Å²) in [6, 6.07) is 6.49. The molecular formula is C15H13Cl2N3O3. The van der Waals surface area contributed by atoms with Gasteiger partial charge in [0.25, 0.3) is 0 Å². The summed E-state index contributed by atoms with van der Waals surface area (Å²) in [6.45, 7) is 1.96. The molecule has 1 aromatic heterocycles. The number of hydrogen-bond acceptors (Lipinski definition) is 4. The smallest absolute Gasteiger partial charge is 0.231 e. The Bertz CT molecular complexity index is 775. The third-order valence-corrected chi connectivity index (χ3v) is 4.13. The normalized spacial score (nSPS) is 17.6. The maximum atomic E-state index is 12.3. The van der Waals surface area contributed by atoms with Crippen molar-refractivity contribution in [2.45, 2.75) is 13.3 Å². The number of nitrogens with one attached hydrogen (secondary N) is 1. The van der Waals surface area contributed by atoms with Crippen LogP contribution in [0, 0.1) is 12.8 Å². The minimum atomic E-state index is -0.491. The standard InChI is InChI=1S/C15H13Cl2N3O3/c1-8-4-13(19-23-8)18-15(22)9-5-14(21)20(7-9)12-6-10(16)2-3-11(12)17/h2-4,6,9H,5,7H2,1H3,(H,18,19,22). The summed E-state index contributed by atoms with van der Waals surface area (Å²) in [5.74, 6) is -0.0261. The van der Waals surface area contributed by atoms with Gasteiger partial charge in [-0.25, -0.2) is 0 Å². The van der Waals surface area contributed by atoms with E-state index in [-0.39, 0.29) is 24.8 Å². The van der Waals surface area contributed by atoms with Crippen molar-refractivity contribution >= 4 is 46.5 Å². The monoisotopic (exact) mass is 353 g/mol. The van der Waals surface area contributed by atoms with Crippen LogP contribution in [0.3, 0.4) is 0 Å². The number of rotatable bonds is 3. The van der Waals surface area contributed by atoms with E-state index in [1.54, 1.807) is 31.2 Å². The molecule has 1 unspecified atom stereocenters. The van der Waals surface area contributed by atoms with Gasteiger partial charge in [0, 0.05) is 24.1 Å². The number of amides is 2. The van der Waals surface area contributed by atoms with Crippen LogP contribution in [0.1, 0.15) is 12.2 Å². The molecule has 0 saturated carbocycles. The molecule has 23 heavy (non-hydrogen) atoms. The molecule has 1 N–H and O–H groups in total. The van der Waals surface area contributed by atoms with Crippen molar-refractivity contribution < 1.29 is 14.1 Å². The fourth-order valence-corrected chi connectivity index (χ4v) is 2.85. The van der Waals surface area contributed by atoms with E-state index in [1.807, 2.05) is 0 Å². The van der Waals surface area contributed by atoms with E-state index in [0.717, 1.165) is 0 Å². The summed E-state index contributed by atoms with van der Waals surface area (Å²) in [4.78, 5) is 26.0. The molecule has 2 aromatic rings. The number of hydrogen-bond donors (Lipinski definition) is 1. The number of aromatic nitrogens is 1. The topological polar surface area (TPSA) is 75.4 Å². The van der Waals surface area contributed by atoms with Crippen molar-refractivity contribution in [3.63, 3.8) is 0 Å². The second-order valence-electron chi connectivity index (χ2n) is 5.31. The number of carbonyl (C=O) groups excluding carboxylic acids is 2. The number of halogens is 2. The molecule has 1 saturated heterocycles. The van der Waals surface area contributed by atoms with Gasteiger partial charge in [0.2, 0.25) is 11.8 Å². The minimum absolute atomic E-state index is 0.103. The van der Waals surface area contributed by atoms with Gasteiger partial charge in [-0.3, -0.25) is 9.59 Å². The molecule has 1 atom stereocenters. The SMILES string of the molecule is Cc1cc(NC(=O)C2CC(=O)N(c3cc(Cl)ccc3Cl)C2)no1. The lowest BCUT2D eigenvalue weighted by Crippen LogP contribution is -2.28. The molecule has 0 aliphatic carbocycles. The van der Waals surface area contributed by atoms with Crippen LogP contribution in [0.2, 0.25) is 10.0 Å². The molecule has 120 valence electrons. The van der Waals surface area contributed by atoms with Gasteiger partial charge >= 0.3 is 0 Å². The first-order valence-corrected chi connectivity index (χ1v) is 7.69. The number of carbonyl (C=O) groups is 2. The van der Waals surface area contributed by atoms with Crippen LogP contribution < -0.4 is 10.2 Å². The summed E-state index contributed by atoms with van der Waals surface area (Å²) >= 11 is 12.1.